The highest BCUT2D eigenvalue weighted by atomic mass is 35.5. The highest BCUT2D eigenvalue weighted by Crippen LogP contribution is 2.20. The van der Waals surface area contributed by atoms with Crippen LogP contribution in [0.15, 0.2) is 30.5 Å². The van der Waals surface area contributed by atoms with Gasteiger partial charge in [0.25, 0.3) is 0 Å². The average molecular weight is 323 g/mol. The highest BCUT2D eigenvalue weighted by Gasteiger charge is 2.10. The van der Waals surface area contributed by atoms with Crippen molar-refractivity contribution < 1.29 is 9.59 Å². The van der Waals surface area contributed by atoms with E-state index in [-0.39, 0.29) is 24.3 Å². The van der Waals surface area contributed by atoms with E-state index in [9.17, 15) is 9.59 Å². The Kier molecular flexibility index (Phi) is 4.95. The lowest BCUT2D eigenvalue weighted by Crippen LogP contribution is -2.27. The quantitative estimate of drug-likeness (QED) is 0.895. The number of halogens is 1. The number of para-hydroxylation sites is 1. The number of benzene rings is 1. The van der Waals surface area contributed by atoms with Crippen molar-refractivity contribution in [2.75, 3.05) is 24.7 Å². The summed E-state index contributed by atoms with van der Waals surface area (Å²) in [4.78, 5) is 24.8. The van der Waals surface area contributed by atoms with Gasteiger partial charge in [0.05, 0.1) is 16.9 Å². The van der Waals surface area contributed by atoms with E-state index < -0.39 is 0 Å². The van der Waals surface area contributed by atoms with Crippen LogP contribution in [-0.2, 0) is 11.3 Å². The Hall–Kier alpha value is -2.61. The number of nitrogens with one attached hydrogen (secondary N) is 2. The molecule has 0 spiro atoms. The molecule has 116 valence electrons. The predicted octanol–water partition coefficient (Wildman–Crippen LogP) is 1.66. The monoisotopic (exact) mass is 322 g/mol. The van der Waals surface area contributed by atoms with Crippen molar-refractivity contribution >= 4 is 35.0 Å². The van der Waals surface area contributed by atoms with Crippen LogP contribution < -0.4 is 10.6 Å². The largest absolute Gasteiger partial charge is 0.331 e. The molecule has 22 heavy (non-hydrogen) atoms. The van der Waals surface area contributed by atoms with Gasteiger partial charge in [0, 0.05) is 14.1 Å². The maximum atomic E-state index is 11.9. The lowest BCUT2D eigenvalue weighted by molar-refractivity contribution is -0.116. The summed E-state index contributed by atoms with van der Waals surface area (Å²) in [5, 5.41) is 13.2. The van der Waals surface area contributed by atoms with Crippen molar-refractivity contribution in [1.82, 2.24) is 19.9 Å². The van der Waals surface area contributed by atoms with Crippen molar-refractivity contribution in [2.45, 2.75) is 6.54 Å². The van der Waals surface area contributed by atoms with Crippen LogP contribution >= 0.6 is 11.6 Å². The Bertz CT molecular complexity index is 685. The van der Waals surface area contributed by atoms with Gasteiger partial charge in [0.15, 0.2) is 5.82 Å². The van der Waals surface area contributed by atoms with Crippen LogP contribution in [0, 0.1) is 0 Å². The van der Waals surface area contributed by atoms with E-state index in [1.54, 1.807) is 38.4 Å². The fraction of sp³-hybridized carbons (Fsp3) is 0.231. The average Bonchev–Trinajstić information content (AvgIpc) is 2.88. The van der Waals surface area contributed by atoms with Gasteiger partial charge in [0.2, 0.25) is 5.91 Å². The number of anilines is 2. The molecule has 1 aromatic heterocycles. The van der Waals surface area contributed by atoms with Crippen LogP contribution in [0.2, 0.25) is 5.02 Å². The molecule has 0 aliphatic heterocycles. The van der Waals surface area contributed by atoms with Crippen LogP contribution in [0.5, 0.6) is 0 Å². The standard InChI is InChI=1S/C13H15ClN6O2/c1-19(2)13(22)16-11-7-20(18-17-11)8-12(21)15-10-6-4-3-5-9(10)14/h3-7H,8H2,1-2H3,(H,15,21)(H,16,22). The molecule has 1 aromatic carbocycles. The Balaban J connectivity index is 1.94. The summed E-state index contributed by atoms with van der Waals surface area (Å²) in [6.07, 6.45) is 1.47. The molecule has 8 nitrogen and oxygen atoms in total. The molecular weight excluding hydrogens is 308 g/mol. The van der Waals surface area contributed by atoms with E-state index in [4.69, 9.17) is 11.6 Å². The normalized spacial score (nSPS) is 10.1. The minimum Gasteiger partial charge on any atom is -0.331 e. The molecule has 0 fully saturated rings. The zero-order valence-electron chi connectivity index (χ0n) is 12.1. The van der Waals surface area contributed by atoms with Crippen LogP contribution in [0.3, 0.4) is 0 Å². The number of rotatable bonds is 4. The topological polar surface area (TPSA) is 92.2 Å². The van der Waals surface area contributed by atoms with E-state index in [0.717, 1.165) is 0 Å². The van der Waals surface area contributed by atoms with E-state index in [1.807, 2.05) is 0 Å². The van der Waals surface area contributed by atoms with E-state index in [1.165, 1.54) is 15.8 Å². The third-order valence-electron chi connectivity index (χ3n) is 2.63. The minimum atomic E-state index is -0.326. The van der Waals surface area contributed by atoms with E-state index in [0.29, 0.717) is 10.7 Å². The number of aromatic nitrogens is 3. The van der Waals surface area contributed by atoms with E-state index in [2.05, 4.69) is 20.9 Å². The highest BCUT2D eigenvalue weighted by molar-refractivity contribution is 6.33. The second-order valence-corrected chi connectivity index (χ2v) is 5.06. The summed E-state index contributed by atoms with van der Waals surface area (Å²) in [7, 11) is 3.22. The predicted molar refractivity (Wildman–Crippen MR) is 82.8 cm³/mol. The van der Waals surface area contributed by atoms with Gasteiger partial charge in [0.1, 0.15) is 6.54 Å². The molecule has 0 bridgehead atoms. The Morgan fingerprint density at radius 2 is 2.00 bits per heavy atom. The van der Waals surface area contributed by atoms with Crippen LogP contribution in [-0.4, -0.2) is 45.9 Å². The zero-order valence-corrected chi connectivity index (χ0v) is 12.8. The molecule has 0 saturated carbocycles. The maximum absolute atomic E-state index is 11.9. The van der Waals surface area contributed by atoms with Gasteiger partial charge in [-0.15, -0.1) is 5.10 Å². The molecule has 2 aromatic rings. The third-order valence-corrected chi connectivity index (χ3v) is 2.96. The second-order valence-electron chi connectivity index (χ2n) is 4.65. The molecule has 2 rings (SSSR count). The van der Waals surface area contributed by atoms with Crippen molar-refractivity contribution in [3.63, 3.8) is 0 Å². The molecule has 0 unspecified atom stereocenters. The van der Waals surface area contributed by atoms with Crippen LogP contribution in [0.4, 0.5) is 16.3 Å². The fourth-order valence-electron chi connectivity index (χ4n) is 1.55. The Morgan fingerprint density at radius 1 is 1.27 bits per heavy atom. The number of amides is 3. The minimum absolute atomic E-state index is 0.0456. The molecule has 3 amide bonds. The first-order chi connectivity index (χ1) is 10.5. The lowest BCUT2D eigenvalue weighted by Gasteiger charge is -2.09. The summed E-state index contributed by atoms with van der Waals surface area (Å²) in [5.74, 6) is -0.0345. The maximum Gasteiger partial charge on any atom is 0.322 e. The van der Waals surface area contributed by atoms with Crippen molar-refractivity contribution in [3.05, 3.63) is 35.5 Å². The molecule has 0 aliphatic carbocycles. The van der Waals surface area contributed by atoms with Crippen LogP contribution in [0.1, 0.15) is 0 Å². The smallest absolute Gasteiger partial charge is 0.322 e. The Labute approximate surface area is 132 Å². The van der Waals surface area contributed by atoms with Gasteiger partial charge in [-0.25, -0.2) is 9.48 Å². The first-order valence-electron chi connectivity index (χ1n) is 6.38. The van der Waals surface area contributed by atoms with Gasteiger partial charge >= 0.3 is 6.03 Å². The molecule has 0 atom stereocenters. The second kappa shape index (κ2) is 6.90. The number of carbonyl (C=O) groups is 2. The van der Waals surface area contributed by atoms with Gasteiger partial charge in [-0.05, 0) is 12.1 Å². The number of hydrogen-bond donors (Lipinski definition) is 2. The molecule has 2 N–H and O–H groups in total. The zero-order chi connectivity index (χ0) is 16.1. The number of urea groups is 1. The van der Waals surface area contributed by atoms with Gasteiger partial charge in [-0.2, -0.15) is 0 Å². The molecule has 0 saturated heterocycles. The summed E-state index contributed by atoms with van der Waals surface area (Å²) in [6.45, 7) is -0.0456. The number of hydrogen-bond acceptors (Lipinski definition) is 4. The fourth-order valence-corrected chi connectivity index (χ4v) is 1.74. The lowest BCUT2D eigenvalue weighted by atomic mass is 10.3. The first-order valence-corrected chi connectivity index (χ1v) is 6.76. The molecule has 0 radical (unpaired) electrons. The molecular formula is C13H15ClN6O2. The summed E-state index contributed by atoms with van der Waals surface area (Å²) >= 11 is 5.96. The van der Waals surface area contributed by atoms with Crippen molar-refractivity contribution in [2.24, 2.45) is 0 Å². The summed E-state index contributed by atoms with van der Waals surface area (Å²) < 4.78 is 1.32. The third kappa shape index (κ3) is 4.19. The molecule has 0 aliphatic rings. The Morgan fingerprint density at radius 3 is 2.68 bits per heavy atom. The van der Waals surface area contributed by atoms with Gasteiger partial charge in [-0.1, -0.05) is 28.9 Å². The number of carbonyl (C=O) groups excluding carboxylic acids is 2. The first kappa shape index (κ1) is 15.8. The van der Waals surface area contributed by atoms with E-state index >= 15 is 0 Å². The van der Waals surface area contributed by atoms with Gasteiger partial charge < -0.3 is 10.2 Å². The SMILES string of the molecule is CN(C)C(=O)Nc1cn(CC(=O)Nc2ccccc2Cl)nn1. The van der Waals surface area contributed by atoms with Crippen molar-refractivity contribution in [3.8, 4) is 0 Å². The molecule has 9 heteroatoms. The van der Waals surface area contributed by atoms with Crippen LogP contribution in [0.25, 0.3) is 0 Å². The van der Waals surface area contributed by atoms with Gasteiger partial charge in [-0.3, -0.25) is 10.1 Å². The summed E-state index contributed by atoms with van der Waals surface area (Å²) in [5.41, 5.74) is 0.524. The molecule has 1 heterocycles. The number of nitrogens with zero attached hydrogens (tertiary/aromatic N) is 4. The summed E-state index contributed by atoms with van der Waals surface area (Å²) in [6, 6.07) is 6.60. The van der Waals surface area contributed by atoms with Crippen molar-refractivity contribution in [1.29, 1.82) is 0 Å².